The average molecular weight is 363 g/mol. The van der Waals surface area contributed by atoms with Gasteiger partial charge in [0.15, 0.2) is 5.16 Å². The van der Waals surface area contributed by atoms with E-state index in [9.17, 15) is 4.79 Å². The third-order valence-corrected chi connectivity index (χ3v) is 5.20. The molecule has 0 fully saturated rings. The zero-order valence-corrected chi connectivity index (χ0v) is 15.3. The predicted molar refractivity (Wildman–Crippen MR) is 103 cm³/mol. The van der Waals surface area contributed by atoms with Crippen LogP contribution in [0.25, 0.3) is 22.4 Å². The van der Waals surface area contributed by atoms with Crippen molar-refractivity contribution in [3.05, 3.63) is 76.4 Å². The number of para-hydroxylation sites is 1. The van der Waals surface area contributed by atoms with Crippen LogP contribution in [-0.2, 0) is 12.8 Å². The molecular formula is C20H17N3O2S. The number of oxazole rings is 1. The third-order valence-electron chi connectivity index (χ3n) is 4.14. The van der Waals surface area contributed by atoms with Crippen LogP contribution in [0.4, 0.5) is 0 Å². The number of benzene rings is 2. The minimum Gasteiger partial charge on any atom is -0.444 e. The normalized spacial score (nSPS) is 11.2. The van der Waals surface area contributed by atoms with Crippen LogP contribution < -0.4 is 5.56 Å². The highest BCUT2D eigenvalue weighted by molar-refractivity contribution is 7.98. The van der Waals surface area contributed by atoms with Gasteiger partial charge in [-0.2, -0.15) is 0 Å². The van der Waals surface area contributed by atoms with Crippen LogP contribution in [0.2, 0.25) is 0 Å². The second-order valence-electron chi connectivity index (χ2n) is 6.07. The molecule has 2 aromatic carbocycles. The summed E-state index contributed by atoms with van der Waals surface area (Å²) >= 11 is 1.47. The minimum absolute atomic E-state index is 0.0430. The van der Waals surface area contributed by atoms with E-state index in [-0.39, 0.29) is 5.56 Å². The Labute approximate surface area is 154 Å². The van der Waals surface area contributed by atoms with Gasteiger partial charge in [0.05, 0.1) is 16.6 Å². The maximum Gasteiger partial charge on any atom is 0.261 e. The van der Waals surface area contributed by atoms with Crippen LogP contribution in [0.1, 0.15) is 11.3 Å². The quantitative estimate of drug-likeness (QED) is 0.402. The van der Waals surface area contributed by atoms with Crippen molar-refractivity contribution < 1.29 is 4.42 Å². The van der Waals surface area contributed by atoms with Crippen LogP contribution in [0.3, 0.4) is 0 Å². The Morgan fingerprint density at radius 3 is 2.65 bits per heavy atom. The first-order valence-corrected chi connectivity index (χ1v) is 9.20. The number of aryl methyl sites for hydroxylation is 1. The molecule has 0 unspecified atom stereocenters. The summed E-state index contributed by atoms with van der Waals surface area (Å²) in [5, 5.41) is 1.29. The summed E-state index contributed by atoms with van der Waals surface area (Å²) in [6.45, 7) is 2.04. The number of hydrogen-bond acceptors (Lipinski definition) is 5. The van der Waals surface area contributed by atoms with E-state index in [2.05, 4.69) is 9.97 Å². The van der Waals surface area contributed by atoms with E-state index in [4.69, 9.17) is 4.42 Å². The molecular weight excluding hydrogens is 346 g/mol. The second-order valence-corrected chi connectivity index (χ2v) is 7.02. The van der Waals surface area contributed by atoms with Crippen molar-refractivity contribution in [1.29, 1.82) is 0 Å². The molecule has 0 saturated carbocycles. The van der Waals surface area contributed by atoms with Gasteiger partial charge in [0, 0.05) is 18.4 Å². The van der Waals surface area contributed by atoms with Gasteiger partial charge >= 0.3 is 0 Å². The lowest BCUT2D eigenvalue weighted by Gasteiger charge is -2.07. The van der Waals surface area contributed by atoms with E-state index in [0.717, 1.165) is 11.3 Å². The van der Waals surface area contributed by atoms with Crippen LogP contribution in [0, 0.1) is 6.92 Å². The topological polar surface area (TPSA) is 60.9 Å². The van der Waals surface area contributed by atoms with Gasteiger partial charge in [-0.25, -0.2) is 9.97 Å². The molecule has 0 N–H and O–H groups in total. The molecule has 4 rings (SSSR count). The number of aromatic nitrogens is 3. The van der Waals surface area contributed by atoms with E-state index in [1.54, 1.807) is 23.9 Å². The summed E-state index contributed by atoms with van der Waals surface area (Å²) in [5.41, 5.74) is 3.62. The predicted octanol–water partition coefficient (Wildman–Crippen LogP) is 4.19. The number of rotatable bonds is 4. The first kappa shape index (κ1) is 16.6. The standard InChI is InChI=1S/C20H17N3O2S/c1-13-7-9-14(10-8-13)18-21-15(11-25-18)12-26-20-22-17-6-4-3-5-16(17)19(24)23(20)2/h3-11H,12H2,1-2H3. The second kappa shape index (κ2) is 6.80. The van der Waals surface area contributed by atoms with Crippen LogP contribution in [0.5, 0.6) is 0 Å². The highest BCUT2D eigenvalue weighted by Gasteiger charge is 2.11. The van der Waals surface area contributed by atoms with Crippen molar-refractivity contribution in [3.8, 4) is 11.5 Å². The fraction of sp³-hybridized carbons (Fsp3) is 0.150. The Hall–Kier alpha value is -2.86. The summed E-state index contributed by atoms with van der Waals surface area (Å²) < 4.78 is 7.17. The number of thioether (sulfide) groups is 1. The summed E-state index contributed by atoms with van der Waals surface area (Å²) in [6.07, 6.45) is 1.65. The molecule has 6 heteroatoms. The van der Waals surface area contributed by atoms with Crippen LogP contribution in [-0.4, -0.2) is 14.5 Å². The Morgan fingerprint density at radius 1 is 1.08 bits per heavy atom. The van der Waals surface area contributed by atoms with Crippen LogP contribution in [0.15, 0.2) is 69.2 Å². The van der Waals surface area contributed by atoms with Crippen molar-refractivity contribution in [2.75, 3.05) is 0 Å². The van der Waals surface area contributed by atoms with Gasteiger partial charge in [-0.05, 0) is 31.2 Å². The maximum atomic E-state index is 12.5. The Balaban J connectivity index is 1.56. The third kappa shape index (κ3) is 3.15. The molecule has 4 aromatic rings. The van der Waals surface area contributed by atoms with Gasteiger partial charge in [-0.3, -0.25) is 9.36 Å². The van der Waals surface area contributed by atoms with Crippen molar-refractivity contribution >= 4 is 22.7 Å². The van der Waals surface area contributed by atoms with Crippen molar-refractivity contribution in [1.82, 2.24) is 14.5 Å². The van der Waals surface area contributed by atoms with E-state index < -0.39 is 0 Å². The molecule has 0 radical (unpaired) electrons. The first-order chi connectivity index (χ1) is 12.6. The molecule has 0 aliphatic carbocycles. The van der Waals surface area contributed by atoms with Crippen molar-refractivity contribution in [2.45, 2.75) is 17.8 Å². The van der Waals surface area contributed by atoms with Crippen LogP contribution >= 0.6 is 11.8 Å². The molecule has 0 spiro atoms. The molecule has 130 valence electrons. The fourth-order valence-electron chi connectivity index (χ4n) is 2.67. The summed E-state index contributed by atoms with van der Waals surface area (Å²) in [6, 6.07) is 15.4. The summed E-state index contributed by atoms with van der Waals surface area (Å²) in [7, 11) is 1.74. The lowest BCUT2D eigenvalue weighted by atomic mass is 10.1. The monoisotopic (exact) mass is 363 g/mol. The largest absolute Gasteiger partial charge is 0.444 e. The van der Waals surface area contributed by atoms with Gasteiger partial charge in [0.2, 0.25) is 5.89 Å². The van der Waals surface area contributed by atoms with E-state index in [0.29, 0.717) is 27.7 Å². The van der Waals surface area contributed by atoms with Crippen molar-refractivity contribution in [2.24, 2.45) is 7.05 Å². The van der Waals surface area contributed by atoms with E-state index in [1.165, 1.54) is 17.3 Å². The van der Waals surface area contributed by atoms with E-state index >= 15 is 0 Å². The molecule has 0 aliphatic heterocycles. The molecule has 26 heavy (non-hydrogen) atoms. The highest BCUT2D eigenvalue weighted by Crippen LogP contribution is 2.24. The Bertz CT molecular complexity index is 1130. The molecule has 0 bridgehead atoms. The first-order valence-electron chi connectivity index (χ1n) is 8.22. The molecule has 2 aromatic heterocycles. The Morgan fingerprint density at radius 2 is 1.85 bits per heavy atom. The molecule has 0 amide bonds. The van der Waals surface area contributed by atoms with Crippen molar-refractivity contribution in [3.63, 3.8) is 0 Å². The van der Waals surface area contributed by atoms with E-state index in [1.807, 2.05) is 49.4 Å². The van der Waals surface area contributed by atoms with Gasteiger partial charge in [-0.15, -0.1) is 0 Å². The zero-order valence-electron chi connectivity index (χ0n) is 14.5. The molecule has 2 heterocycles. The maximum absolute atomic E-state index is 12.5. The van der Waals surface area contributed by atoms with Gasteiger partial charge in [0.1, 0.15) is 6.26 Å². The lowest BCUT2D eigenvalue weighted by molar-refractivity contribution is 0.573. The van der Waals surface area contributed by atoms with Gasteiger partial charge in [-0.1, -0.05) is 41.6 Å². The number of hydrogen-bond donors (Lipinski definition) is 0. The minimum atomic E-state index is -0.0430. The molecule has 0 atom stereocenters. The molecule has 0 saturated heterocycles. The summed E-state index contributed by atoms with van der Waals surface area (Å²) in [5.74, 6) is 1.18. The molecule has 5 nitrogen and oxygen atoms in total. The summed E-state index contributed by atoms with van der Waals surface area (Å²) in [4.78, 5) is 21.6. The average Bonchev–Trinajstić information content (AvgIpc) is 3.13. The number of nitrogens with zero attached hydrogens (tertiary/aromatic N) is 3. The smallest absolute Gasteiger partial charge is 0.261 e. The fourth-order valence-corrected chi connectivity index (χ4v) is 3.52. The van der Waals surface area contributed by atoms with Gasteiger partial charge < -0.3 is 4.42 Å². The zero-order chi connectivity index (χ0) is 18.1. The Kier molecular flexibility index (Phi) is 4.34. The SMILES string of the molecule is Cc1ccc(-c2nc(CSc3nc4ccccc4c(=O)n3C)co2)cc1. The van der Waals surface area contributed by atoms with Gasteiger partial charge in [0.25, 0.3) is 5.56 Å². The number of fused-ring (bicyclic) bond motifs is 1. The lowest BCUT2D eigenvalue weighted by Crippen LogP contribution is -2.19. The molecule has 0 aliphatic rings. The highest BCUT2D eigenvalue weighted by atomic mass is 32.2.